The number of carbonyl (C=O) groups excluding carboxylic acids is 1. The molecule has 1 aromatic rings. The first-order chi connectivity index (χ1) is 9.09. The molecule has 0 spiro atoms. The summed E-state index contributed by atoms with van der Waals surface area (Å²) in [6.07, 6.45) is 3.17. The highest BCUT2D eigenvalue weighted by Gasteiger charge is 2.25. The van der Waals surface area contributed by atoms with Crippen molar-refractivity contribution in [1.29, 1.82) is 0 Å². The second-order valence-corrected chi connectivity index (χ2v) is 5.40. The van der Waals surface area contributed by atoms with Gasteiger partial charge in [0.2, 0.25) is 5.91 Å². The van der Waals surface area contributed by atoms with Gasteiger partial charge in [-0.15, -0.1) is 0 Å². The number of nitrogens with zero attached hydrogens (tertiary/aromatic N) is 1. The summed E-state index contributed by atoms with van der Waals surface area (Å²) in [4.78, 5) is 16.0. The number of amides is 1. The number of aromatic nitrogens is 1. The molecule has 1 amide bonds. The van der Waals surface area contributed by atoms with Gasteiger partial charge in [0.25, 0.3) is 0 Å². The highest BCUT2D eigenvalue weighted by atomic mass is 16.5. The van der Waals surface area contributed by atoms with Crippen LogP contribution in [0.1, 0.15) is 19.4 Å². The molecule has 0 aromatic carbocycles. The van der Waals surface area contributed by atoms with Crippen LogP contribution in [0.2, 0.25) is 0 Å². The molecule has 2 heterocycles. The van der Waals surface area contributed by atoms with E-state index in [2.05, 4.69) is 29.5 Å². The topological polar surface area (TPSA) is 63.2 Å². The quantitative estimate of drug-likeness (QED) is 0.828. The lowest BCUT2D eigenvalue weighted by molar-refractivity contribution is -0.134. The first kappa shape index (κ1) is 14.0. The summed E-state index contributed by atoms with van der Waals surface area (Å²) in [5, 5.41) is 6.12. The molecular formula is C14H21N3O2. The van der Waals surface area contributed by atoms with Gasteiger partial charge in [-0.25, -0.2) is 0 Å². The van der Waals surface area contributed by atoms with Crippen molar-refractivity contribution < 1.29 is 9.53 Å². The molecule has 1 aliphatic rings. The number of hydrogen-bond donors (Lipinski definition) is 2. The number of pyridine rings is 1. The Morgan fingerprint density at radius 3 is 2.89 bits per heavy atom. The van der Waals surface area contributed by atoms with Gasteiger partial charge in [0.05, 0.1) is 6.61 Å². The molecule has 5 heteroatoms. The van der Waals surface area contributed by atoms with Crippen LogP contribution in [0.15, 0.2) is 24.5 Å². The van der Waals surface area contributed by atoms with Gasteiger partial charge in [0.15, 0.2) is 0 Å². The minimum Gasteiger partial charge on any atom is -0.366 e. The van der Waals surface area contributed by atoms with E-state index in [0.29, 0.717) is 19.7 Å². The Hall–Kier alpha value is -1.46. The van der Waals surface area contributed by atoms with Crippen LogP contribution in [0, 0.1) is 0 Å². The minimum atomic E-state index is -0.373. The highest BCUT2D eigenvalue weighted by molar-refractivity contribution is 5.81. The summed E-state index contributed by atoms with van der Waals surface area (Å²) in [5.41, 5.74) is 1.03. The molecular weight excluding hydrogens is 242 g/mol. The SMILES string of the molecule is CC(C)(CNC(=O)C1CNCCO1)c1ccncc1. The van der Waals surface area contributed by atoms with Crippen molar-refractivity contribution in [2.45, 2.75) is 25.4 Å². The van der Waals surface area contributed by atoms with Gasteiger partial charge in [-0.3, -0.25) is 9.78 Å². The largest absolute Gasteiger partial charge is 0.366 e. The van der Waals surface area contributed by atoms with E-state index >= 15 is 0 Å². The maximum Gasteiger partial charge on any atom is 0.250 e. The normalized spacial score (nSPS) is 20.0. The summed E-state index contributed by atoms with van der Waals surface area (Å²) in [6, 6.07) is 3.95. The van der Waals surface area contributed by atoms with Gasteiger partial charge >= 0.3 is 0 Å². The average Bonchev–Trinajstić information content (AvgIpc) is 2.47. The molecule has 1 aliphatic heterocycles. The predicted molar refractivity (Wildman–Crippen MR) is 72.9 cm³/mol. The third kappa shape index (κ3) is 3.75. The smallest absolute Gasteiger partial charge is 0.250 e. The Morgan fingerprint density at radius 1 is 1.53 bits per heavy atom. The van der Waals surface area contributed by atoms with E-state index < -0.39 is 0 Å². The Balaban J connectivity index is 1.88. The number of hydrogen-bond acceptors (Lipinski definition) is 4. The van der Waals surface area contributed by atoms with Gasteiger partial charge in [-0.1, -0.05) is 13.8 Å². The van der Waals surface area contributed by atoms with Crippen LogP contribution < -0.4 is 10.6 Å². The maximum absolute atomic E-state index is 12.0. The average molecular weight is 263 g/mol. The Labute approximate surface area is 113 Å². The van der Waals surface area contributed by atoms with E-state index in [0.717, 1.165) is 12.1 Å². The van der Waals surface area contributed by atoms with Crippen LogP contribution in [0.5, 0.6) is 0 Å². The maximum atomic E-state index is 12.0. The molecule has 1 unspecified atom stereocenters. The Bertz CT molecular complexity index is 414. The Morgan fingerprint density at radius 2 is 2.26 bits per heavy atom. The molecule has 1 fully saturated rings. The van der Waals surface area contributed by atoms with Crippen molar-refractivity contribution in [3.05, 3.63) is 30.1 Å². The fraction of sp³-hybridized carbons (Fsp3) is 0.571. The van der Waals surface area contributed by atoms with E-state index in [9.17, 15) is 4.79 Å². The van der Waals surface area contributed by atoms with E-state index in [1.807, 2.05) is 12.1 Å². The number of ether oxygens (including phenoxy) is 1. The van der Waals surface area contributed by atoms with Crippen molar-refractivity contribution in [2.24, 2.45) is 0 Å². The zero-order chi connectivity index (χ0) is 13.7. The lowest BCUT2D eigenvalue weighted by Crippen LogP contribution is -2.49. The molecule has 2 N–H and O–H groups in total. The van der Waals surface area contributed by atoms with Crippen LogP contribution in [0.3, 0.4) is 0 Å². The third-order valence-electron chi connectivity index (χ3n) is 3.39. The standard InChI is InChI=1S/C14H21N3O2/c1-14(2,11-3-5-15-6-4-11)10-17-13(18)12-9-16-7-8-19-12/h3-6,12,16H,7-10H2,1-2H3,(H,17,18). The molecule has 0 aliphatic carbocycles. The molecule has 0 bridgehead atoms. The molecule has 5 nitrogen and oxygen atoms in total. The first-order valence-corrected chi connectivity index (χ1v) is 6.60. The van der Waals surface area contributed by atoms with Crippen molar-refractivity contribution in [2.75, 3.05) is 26.2 Å². The molecule has 0 saturated carbocycles. The fourth-order valence-electron chi connectivity index (χ4n) is 2.06. The van der Waals surface area contributed by atoms with E-state index in [1.165, 1.54) is 0 Å². The zero-order valence-corrected chi connectivity index (χ0v) is 11.5. The van der Waals surface area contributed by atoms with Crippen LogP contribution >= 0.6 is 0 Å². The summed E-state index contributed by atoms with van der Waals surface area (Å²) in [5.74, 6) is -0.0469. The highest BCUT2D eigenvalue weighted by Crippen LogP contribution is 2.21. The van der Waals surface area contributed by atoms with Gasteiger partial charge in [0.1, 0.15) is 6.10 Å². The van der Waals surface area contributed by atoms with Crippen LogP contribution in [-0.4, -0.2) is 43.2 Å². The molecule has 1 aromatic heterocycles. The van der Waals surface area contributed by atoms with E-state index in [4.69, 9.17) is 4.74 Å². The molecule has 1 atom stereocenters. The van der Waals surface area contributed by atoms with Gasteiger partial charge in [-0.05, 0) is 17.7 Å². The number of nitrogens with one attached hydrogen (secondary N) is 2. The number of morpholine rings is 1. The lowest BCUT2D eigenvalue weighted by atomic mass is 9.85. The van der Waals surface area contributed by atoms with Crippen molar-refractivity contribution in [3.8, 4) is 0 Å². The van der Waals surface area contributed by atoms with Crippen LogP contribution in [0.4, 0.5) is 0 Å². The molecule has 2 rings (SSSR count). The molecule has 19 heavy (non-hydrogen) atoms. The summed E-state index contributed by atoms with van der Waals surface area (Å²) in [6.45, 7) is 6.76. The van der Waals surface area contributed by atoms with Crippen molar-refractivity contribution >= 4 is 5.91 Å². The third-order valence-corrected chi connectivity index (χ3v) is 3.39. The predicted octanol–water partition coefficient (Wildman–Crippen LogP) is 0.464. The van der Waals surface area contributed by atoms with Crippen LogP contribution in [0.25, 0.3) is 0 Å². The summed E-state index contributed by atoms with van der Waals surface area (Å²) in [7, 11) is 0. The van der Waals surface area contributed by atoms with Crippen molar-refractivity contribution in [1.82, 2.24) is 15.6 Å². The monoisotopic (exact) mass is 263 g/mol. The van der Waals surface area contributed by atoms with E-state index in [1.54, 1.807) is 12.4 Å². The minimum absolute atomic E-state index is 0.0469. The molecule has 0 radical (unpaired) electrons. The zero-order valence-electron chi connectivity index (χ0n) is 11.5. The number of rotatable bonds is 4. The van der Waals surface area contributed by atoms with Gasteiger partial charge in [0, 0.05) is 37.4 Å². The van der Waals surface area contributed by atoms with Crippen molar-refractivity contribution in [3.63, 3.8) is 0 Å². The summed E-state index contributed by atoms with van der Waals surface area (Å²) >= 11 is 0. The van der Waals surface area contributed by atoms with Crippen LogP contribution in [-0.2, 0) is 14.9 Å². The molecule has 1 saturated heterocycles. The number of carbonyl (C=O) groups is 1. The van der Waals surface area contributed by atoms with E-state index in [-0.39, 0.29) is 17.4 Å². The fourth-order valence-corrected chi connectivity index (χ4v) is 2.06. The lowest BCUT2D eigenvalue weighted by Gasteiger charge is -2.28. The first-order valence-electron chi connectivity index (χ1n) is 6.60. The summed E-state index contributed by atoms with van der Waals surface area (Å²) < 4.78 is 5.43. The second kappa shape index (κ2) is 6.12. The second-order valence-electron chi connectivity index (χ2n) is 5.40. The van der Waals surface area contributed by atoms with Gasteiger partial charge < -0.3 is 15.4 Å². The molecule has 104 valence electrons. The van der Waals surface area contributed by atoms with Gasteiger partial charge in [-0.2, -0.15) is 0 Å². The Kier molecular flexibility index (Phi) is 4.50.